The zero-order valence-electron chi connectivity index (χ0n) is 23.7. The molecule has 4 rings (SSSR count). The van der Waals surface area contributed by atoms with E-state index in [4.69, 9.17) is 18.8 Å². The van der Waals surface area contributed by atoms with Crippen molar-refractivity contribution >= 4 is 64.0 Å². The van der Waals surface area contributed by atoms with E-state index in [1.807, 2.05) is 0 Å². The molecule has 4 aromatic rings. The summed E-state index contributed by atoms with van der Waals surface area (Å²) in [6.45, 7) is 9.58. The molecule has 4 aromatic carbocycles. The van der Waals surface area contributed by atoms with Crippen molar-refractivity contribution in [1.82, 2.24) is 0 Å². The molecule has 0 N–H and O–H groups in total. The molecule has 0 heterocycles. The van der Waals surface area contributed by atoms with Crippen molar-refractivity contribution in [1.29, 1.82) is 0 Å². The van der Waals surface area contributed by atoms with E-state index in [1.165, 1.54) is 33.5 Å². The Kier molecular flexibility index (Phi) is 14.2. The van der Waals surface area contributed by atoms with Crippen molar-refractivity contribution < 1.29 is 16.5 Å². The van der Waals surface area contributed by atoms with Crippen LogP contribution in [0.1, 0.15) is 13.3 Å². The van der Waals surface area contributed by atoms with Gasteiger partial charge in [0.15, 0.2) is 0 Å². The first-order valence-corrected chi connectivity index (χ1v) is 26.0. The first-order valence-electron chi connectivity index (χ1n) is 13.5. The summed E-state index contributed by atoms with van der Waals surface area (Å²) >= 11 is -0.472. The number of benzene rings is 4. The maximum atomic E-state index is 4.88. The Labute approximate surface area is 262 Å². The molecular formula is C34H40Cl2P2PtSi+2. The molecule has 0 saturated carbocycles. The second-order valence-corrected chi connectivity index (χ2v) is 24.3. The van der Waals surface area contributed by atoms with Crippen LogP contribution in [-0.4, -0.2) is 20.4 Å². The third-order valence-electron chi connectivity index (χ3n) is 6.67. The molecule has 40 heavy (non-hydrogen) atoms. The summed E-state index contributed by atoms with van der Waals surface area (Å²) in [6.07, 6.45) is 3.32. The molecule has 212 valence electrons. The summed E-state index contributed by atoms with van der Waals surface area (Å²) in [7, 11) is 6.37. The van der Waals surface area contributed by atoms with Gasteiger partial charge in [0.05, 0.1) is 49.4 Å². The second kappa shape index (κ2) is 17.0. The predicted octanol–water partition coefficient (Wildman–Crippen LogP) is 8.37. The third kappa shape index (κ3) is 11.2. The standard InChI is InChI=1S/C34H38P2Si.2ClH.Pt/c1-34(26-17-27-37(2,3)4,28-35(30-18-9-5-10-19-30)31-20-11-6-12-21-31)29-36(32-22-13-7-14-23-32)33-24-15-8-16-25-33;;;/h5-16,18-25H,26,28-29H2,1-4H3;2*1H;/q;;;+2. The van der Waals surface area contributed by atoms with Crippen LogP contribution in [0.3, 0.4) is 0 Å². The summed E-state index contributed by atoms with van der Waals surface area (Å²) in [5.41, 5.74) is 3.81. The maximum absolute atomic E-state index is 4.88. The van der Waals surface area contributed by atoms with E-state index < -0.39 is 40.4 Å². The number of rotatable bonds is 9. The van der Waals surface area contributed by atoms with Crippen molar-refractivity contribution in [3.63, 3.8) is 0 Å². The van der Waals surface area contributed by atoms with Gasteiger partial charge in [-0.2, -0.15) is 0 Å². The quantitative estimate of drug-likeness (QED) is 0.0907. The average molecular weight is 805 g/mol. The van der Waals surface area contributed by atoms with Crippen molar-refractivity contribution in [2.24, 2.45) is 5.41 Å². The van der Waals surface area contributed by atoms with Crippen LogP contribution in [0.5, 0.6) is 0 Å². The minimum atomic E-state index is -1.44. The topological polar surface area (TPSA) is 0 Å². The van der Waals surface area contributed by atoms with Crippen LogP contribution >= 0.6 is 34.7 Å². The van der Waals surface area contributed by atoms with E-state index >= 15 is 0 Å². The van der Waals surface area contributed by atoms with E-state index in [0.29, 0.717) is 0 Å². The van der Waals surface area contributed by atoms with E-state index in [-0.39, 0.29) is 5.41 Å². The molecule has 0 saturated heterocycles. The Hall–Kier alpha value is -1.21. The summed E-state index contributed by atoms with van der Waals surface area (Å²) < 4.78 is 0. The van der Waals surface area contributed by atoms with Crippen LogP contribution in [0, 0.1) is 16.9 Å². The van der Waals surface area contributed by atoms with Gasteiger partial charge < -0.3 is 0 Å². The summed E-state index contributed by atoms with van der Waals surface area (Å²) in [6, 6.07) is 44.9. The first-order chi connectivity index (χ1) is 19.2. The molecule has 0 unspecified atom stereocenters. The van der Waals surface area contributed by atoms with Crippen LogP contribution in [-0.2, 0) is 16.5 Å². The zero-order chi connectivity index (χ0) is 28.8. The average Bonchev–Trinajstić information content (AvgIpc) is 2.96. The van der Waals surface area contributed by atoms with Gasteiger partial charge in [-0.25, -0.2) is 0 Å². The van der Waals surface area contributed by atoms with E-state index in [1.54, 1.807) is 0 Å². The zero-order valence-corrected chi connectivity index (χ0v) is 30.5. The Morgan fingerprint density at radius 3 is 1.12 bits per heavy atom. The molecule has 0 aromatic heterocycles. The monoisotopic (exact) mass is 803 g/mol. The van der Waals surface area contributed by atoms with Gasteiger partial charge in [0.1, 0.15) is 8.07 Å². The fourth-order valence-electron chi connectivity index (χ4n) is 4.86. The van der Waals surface area contributed by atoms with Crippen LogP contribution in [0.25, 0.3) is 0 Å². The summed E-state index contributed by atoms with van der Waals surface area (Å²) in [5, 5.41) is 5.99. The molecule has 0 aliphatic heterocycles. The van der Waals surface area contributed by atoms with Gasteiger partial charge in [0, 0.05) is 11.8 Å². The van der Waals surface area contributed by atoms with Crippen molar-refractivity contribution in [3.8, 4) is 11.5 Å². The molecule has 0 spiro atoms. The van der Waals surface area contributed by atoms with Gasteiger partial charge in [0.25, 0.3) is 0 Å². The summed E-state index contributed by atoms with van der Waals surface area (Å²) in [4.78, 5) is 0. The number of hydrogen-bond acceptors (Lipinski definition) is 0. The van der Waals surface area contributed by atoms with Gasteiger partial charge in [-0.05, 0) is 48.5 Å². The van der Waals surface area contributed by atoms with Gasteiger partial charge in [0.2, 0.25) is 0 Å². The SMILES string of the molecule is CC(CC#C[Si](C)(C)C)(C[PH+](c1ccccc1)c1ccccc1)C[PH+](c1ccccc1)c1ccccc1.[Cl][Pt][Cl]. The molecule has 0 aliphatic carbocycles. The Morgan fingerprint density at radius 1 is 0.600 bits per heavy atom. The minimum absolute atomic E-state index is 0.118. The molecule has 0 fully saturated rings. The molecule has 0 radical (unpaired) electrons. The molecule has 0 atom stereocenters. The second-order valence-electron chi connectivity index (χ2n) is 11.4. The van der Waals surface area contributed by atoms with Crippen molar-refractivity contribution in [2.45, 2.75) is 33.0 Å². The van der Waals surface area contributed by atoms with Crippen molar-refractivity contribution in [2.75, 3.05) is 12.3 Å². The summed E-state index contributed by atoms with van der Waals surface area (Å²) in [5.74, 6) is 3.73. The molecule has 0 aliphatic rings. The van der Waals surface area contributed by atoms with Crippen LogP contribution in [0.15, 0.2) is 121 Å². The van der Waals surface area contributed by atoms with E-state index in [2.05, 4.69) is 159 Å². The van der Waals surface area contributed by atoms with Gasteiger partial charge >= 0.3 is 35.3 Å². The van der Waals surface area contributed by atoms with Crippen LogP contribution in [0.4, 0.5) is 0 Å². The van der Waals surface area contributed by atoms with Crippen LogP contribution in [0.2, 0.25) is 19.6 Å². The van der Waals surface area contributed by atoms with Crippen LogP contribution < -0.4 is 21.2 Å². The predicted molar refractivity (Wildman–Crippen MR) is 186 cm³/mol. The third-order valence-corrected chi connectivity index (χ3v) is 14.1. The van der Waals surface area contributed by atoms with Gasteiger partial charge in [-0.3, -0.25) is 0 Å². The number of halogens is 2. The Balaban J connectivity index is 0.00000141. The normalized spacial score (nSPS) is 11.5. The molecule has 0 amide bonds. The Morgan fingerprint density at radius 2 is 0.875 bits per heavy atom. The molecular weight excluding hydrogens is 764 g/mol. The van der Waals surface area contributed by atoms with Gasteiger partial charge in [-0.15, -0.1) is 11.5 Å². The Bertz CT molecular complexity index is 1160. The fraction of sp³-hybridized carbons (Fsp3) is 0.235. The van der Waals surface area contributed by atoms with E-state index in [0.717, 1.165) is 6.42 Å². The molecule has 0 nitrogen and oxygen atoms in total. The molecule has 0 bridgehead atoms. The first kappa shape index (κ1) is 33.3. The van der Waals surface area contributed by atoms with Gasteiger partial charge in [-0.1, -0.05) is 99.4 Å². The fourth-order valence-corrected chi connectivity index (χ4v) is 11.8. The number of hydrogen-bond donors (Lipinski definition) is 0. The van der Waals surface area contributed by atoms with Crippen molar-refractivity contribution in [3.05, 3.63) is 121 Å². The van der Waals surface area contributed by atoms with E-state index in [9.17, 15) is 0 Å². The molecule has 6 heteroatoms.